The Labute approximate surface area is 97.6 Å². The topological polar surface area (TPSA) is 44.5 Å². The lowest BCUT2D eigenvalue weighted by Crippen LogP contribution is -2.05. The van der Waals surface area contributed by atoms with Gasteiger partial charge in [-0.25, -0.2) is 0 Å². The van der Waals surface area contributed by atoms with Crippen LogP contribution in [0.4, 0.5) is 0 Å². The van der Waals surface area contributed by atoms with Crippen LogP contribution in [0.5, 0.6) is 11.5 Å². The fraction of sp³-hybridized carbons (Fsp3) is 0.538. The second-order valence-electron chi connectivity index (χ2n) is 3.92. The quantitative estimate of drug-likeness (QED) is 0.832. The minimum Gasteiger partial charge on any atom is -0.496 e. The Morgan fingerprint density at radius 2 is 1.88 bits per heavy atom. The Bertz CT molecular complexity index is 361. The number of nitrogens with two attached hydrogens (primary N) is 1. The number of ether oxygens (including phenoxy) is 2. The van der Waals surface area contributed by atoms with Crippen molar-refractivity contribution < 1.29 is 9.47 Å². The predicted octanol–water partition coefficient (Wildman–Crippen LogP) is 2.21. The SMILES string of the molecule is COc1cc(C)c(OC)c(CCCN)c1C. The first-order valence-electron chi connectivity index (χ1n) is 5.56. The molecule has 0 aliphatic heterocycles. The van der Waals surface area contributed by atoms with E-state index < -0.39 is 0 Å². The smallest absolute Gasteiger partial charge is 0.125 e. The first-order chi connectivity index (χ1) is 7.65. The van der Waals surface area contributed by atoms with E-state index in [4.69, 9.17) is 15.2 Å². The van der Waals surface area contributed by atoms with E-state index in [9.17, 15) is 0 Å². The summed E-state index contributed by atoms with van der Waals surface area (Å²) in [7, 11) is 3.40. The molecule has 0 aliphatic carbocycles. The molecule has 0 saturated carbocycles. The Morgan fingerprint density at radius 3 is 2.38 bits per heavy atom. The van der Waals surface area contributed by atoms with Gasteiger partial charge in [0.05, 0.1) is 14.2 Å². The first-order valence-corrected chi connectivity index (χ1v) is 5.56. The Hall–Kier alpha value is -1.22. The van der Waals surface area contributed by atoms with Gasteiger partial charge in [0.25, 0.3) is 0 Å². The zero-order valence-electron chi connectivity index (χ0n) is 10.6. The summed E-state index contributed by atoms with van der Waals surface area (Å²) in [5, 5.41) is 0. The van der Waals surface area contributed by atoms with Crippen molar-refractivity contribution >= 4 is 0 Å². The van der Waals surface area contributed by atoms with Gasteiger partial charge < -0.3 is 15.2 Å². The minimum absolute atomic E-state index is 0.693. The number of hydrogen-bond acceptors (Lipinski definition) is 3. The third-order valence-corrected chi connectivity index (χ3v) is 2.86. The molecule has 0 aliphatic rings. The number of methoxy groups -OCH3 is 2. The summed E-state index contributed by atoms with van der Waals surface area (Å²) in [4.78, 5) is 0. The van der Waals surface area contributed by atoms with Crippen molar-refractivity contribution in [2.24, 2.45) is 5.73 Å². The van der Waals surface area contributed by atoms with Crippen molar-refractivity contribution in [2.45, 2.75) is 26.7 Å². The highest BCUT2D eigenvalue weighted by Crippen LogP contribution is 2.34. The standard InChI is InChI=1S/C13H21NO2/c1-9-8-12(15-3)10(2)11(6-5-7-14)13(9)16-4/h8H,5-7,14H2,1-4H3. The summed E-state index contributed by atoms with van der Waals surface area (Å²) in [6.07, 6.45) is 1.90. The maximum absolute atomic E-state index is 5.55. The van der Waals surface area contributed by atoms with E-state index in [0.29, 0.717) is 6.54 Å². The van der Waals surface area contributed by atoms with Gasteiger partial charge in [-0.15, -0.1) is 0 Å². The number of benzene rings is 1. The van der Waals surface area contributed by atoms with Gasteiger partial charge in [-0.2, -0.15) is 0 Å². The summed E-state index contributed by atoms with van der Waals surface area (Å²) < 4.78 is 10.8. The average Bonchev–Trinajstić information content (AvgIpc) is 2.29. The predicted molar refractivity (Wildman–Crippen MR) is 66.4 cm³/mol. The maximum Gasteiger partial charge on any atom is 0.125 e. The molecule has 0 atom stereocenters. The van der Waals surface area contributed by atoms with E-state index in [-0.39, 0.29) is 0 Å². The van der Waals surface area contributed by atoms with Crippen molar-refractivity contribution in [1.29, 1.82) is 0 Å². The van der Waals surface area contributed by atoms with Gasteiger partial charge in [0, 0.05) is 5.56 Å². The molecule has 1 rings (SSSR count). The second kappa shape index (κ2) is 5.75. The molecule has 0 bridgehead atoms. The molecule has 16 heavy (non-hydrogen) atoms. The van der Waals surface area contributed by atoms with Gasteiger partial charge in [0.15, 0.2) is 0 Å². The molecule has 0 radical (unpaired) electrons. The molecule has 0 spiro atoms. The molecule has 0 unspecified atom stereocenters. The molecule has 0 saturated heterocycles. The summed E-state index contributed by atoms with van der Waals surface area (Å²) in [6.45, 7) is 4.79. The molecule has 1 aromatic carbocycles. The number of hydrogen-bond donors (Lipinski definition) is 1. The molecule has 0 amide bonds. The third kappa shape index (κ3) is 2.47. The molecule has 3 heteroatoms. The van der Waals surface area contributed by atoms with Crippen molar-refractivity contribution in [3.8, 4) is 11.5 Å². The molecule has 0 heterocycles. The van der Waals surface area contributed by atoms with E-state index in [0.717, 1.165) is 35.5 Å². The molecular formula is C13H21NO2. The summed E-state index contributed by atoms with van der Waals surface area (Å²) in [5.74, 6) is 1.89. The van der Waals surface area contributed by atoms with Crippen molar-refractivity contribution in [3.63, 3.8) is 0 Å². The van der Waals surface area contributed by atoms with Crippen LogP contribution in [0.15, 0.2) is 6.07 Å². The fourth-order valence-electron chi connectivity index (χ4n) is 2.00. The maximum atomic E-state index is 5.55. The Kier molecular flexibility index (Phi) is 4.62. The van der Waals surface area contributed by atoms with Gasteiger partial charge >= 0.3 is 0 Å². The van der Waals surface area contributed by atoms with Gasteiger partial charge in [0.1, 0.15) is 11.5 Å². The lowest BCUT2D eigenvalue weighted by atomic mass is 9.98. The monoisotopic (exact) mass is 223 g/mol. The minimum atomic E-state index is 0.693. The molecule has 3 nitrogen and oxygen atoms in total. The van der Waals surface area contributed by atoms with E-state index in [1.54, 1.807) is 14.2 Å². The van der Waals surface area contributed by atoms with Crippen LogP contribution in [-0.2, 0) is 6.42 Å². The molecule has 1 aromatic rings. The molecule has 90 valence electrons. The highest BCUT2D eigenvalue weighted by atomic mass is 16.5. The van der Waals surface area contributed by atoms with Gasteiger partial charge in [-0.05, 0) is 50.4 Å². The second-order valence-corrected chi connectivity index (χ2v) is 3.92. The van der Waals surface area contributed by atoms with Crippen LogP contribution in [0, 0.1) is 13.8 Å². The largest absolute Gasteiger partial charge is 0.496 e. The van der Waals surface area contributed by atoms with E-state index >= 15 is 0 Å². The van der Waals surface area contributed by atoms with Crippen LogP contribution < -0.4 is 15.2 Å². The van der Waals surface area contributed by atoms with E-state index in [1.807, 2.05) is 13.0 Å². The van der Waals surface area contributed by atoms with Gasteiger partial charge in [-0.3, -0.25) is 0 Å². The van der Waals surface area contributed by atoms with Crippen molar-refractivity contribution in [3.05, 3.63) is 22.8 Å². The van der Waals surface area contributed by atoms with E-state index in [1.165, 1.54) is 5.56 Å². The van der Waals surface area contributed by atoms with Crippen LogP contribution >= 0.6 is 0 Å². The highest BCUT2D eigenvalue weighted by Gasteiger charge is 2.13. The summed E-state index contributed by atoms with van der Waals surface area (Å²) in [5.41, 5.74) is 9.03. The van der Waals surface area contributed by atoms with Crippen LogP contribution in [0.25, 0.3) is 0 Å². The van der Waals surface area contributed by atoms with Crippen molar-refractivity contribution in [2.75, 3.05) is 20.8 Å². The Morgan fingerprint density at radius 1 is 1.19 bits per heavy atom. The highest BCUT2D eigenvalue weighted by molar-refractivity contribution is 5.52. The summed E-state index contributed by atoms with van der Waals surface area (Å²) >= 11 is 0. The molecule has 2 N–H and O–H groups in total. The van der Waals surface area contributed by atoms with Crippen LogP contribution in [0.1, 0.15) is 23.1 Å². The first kappa shape index (κ1) is 12.8. The van der Waals surface area contributed by atoms with E-state index in [2.05, 4.69) is 6.92 Å². The zero-order valence-corrected chi connectivity index (χ0v) is 10.6. The average molecular weight is 223 g/mol. The normalized spacial score (nSPS) is 10.3. The lowest BCUT2D eigenvalue weighted by molar-refractivity contribution is 0.393. The zero-order chi connectivity index (χ0) is 12.1. The van der Waals surface area contributed by atoms with Crippen LogP contribution in [-0.4, -0.2) is 20.8 Å². The third-order valence-electron chi connectivity index (χ3n) is 2.86. The van der Waals surface area contributed by atoms with Gasteiger partial charge in [0.2, 0.25) is 0 Å². The summed E-state index contributed by atoms with van der Waals surface area (Å²) in [6, 6.07) is 2.01. The lowest BCUT2D eigenvalue weighted by Gasteiger charge is -2.17. The van der Waals surface area contributed by atoms with Crippen molar-refractivity contribution in [1.82, 2.24) is 0 Å². The molecule has 0 aromatic heterocycles. The Balaban J connectivity index is 3.22. The number of rotatable bonds is 5. The molecular weight excluding hydrogens is 202 g/mol. The van der Waals surface area contributed by atoms with Crippen LogP contribution in [0.2, 0.25) is 0 Å². The fourth-order valence-corrected chi connectivity index (χ4v) is 2.00. The van der Waals surface area contributed by atoms with Gasteiger partial charge in [-0.1, -0.05) is 0 Å². The number of aryl methyl sites for hydroxylation is 1. The van der Waals surface area contributed by atoms with Crippen LogP contribution in [0.3, 0.4) is 0 Å². The molecule has 0 fully saturated rings.